The lowest BCUT2D eigenvalue weighted by Gasteiger charge is -2.14. The Kier molecular flexibility index (Phi) is 7.33. The quantitative estimate of drug-likeness (QED) is 0.729. The Morgan fingerprint density at radius 1 is 1.14 bits per heavy atom. The minimum absolute atomic E-state index is 0.0308. The summed E-state index contributed by atoms with van der Waals surface area (Å²) >= 11 is 1.28. The van der Waals surface area contributed by atoms with E-state index in [9.17, 15) is 8.42 Å². The average molecular weight is 333 g/mol. The van der Waals surface area contributed by atoms with Gasteiger partial charge >= 0.3 is 0 Å². The van der Waals surface area contributed by atoms with Gasteiger partial charge in [0.2, 0.25) is 10.0 Å². The van der Waals surface area contributed by atoms with E-state index in [1.54, 1.807) is 6.07 Å². The normalized spacial score (nSPS) is 14.0. The minimum Gasteiger partial charge on any atom is -0.310 e. The molecule has 1 aromatic rings. The van der Waals surface area contributed by atoms with Crippen LogP contribution in [-0.2, 0) is 16.6 Å². The zero-order valence-electron chi connectivity index (χ0n) is 13.6. The van der Waals surface area contributed by atoms with Crippen LogP contribution in [0.15, 0.2) is 15.7 Å². The molecule has 0 radical (unpaired) electrons. The molecule has 1 aromatic heterocycles. The average Bonchev–Trinajstić information content (AvgIpc) is 2.83. The Balaban J connectivity index is 2.61. The first-order chi connectivity index (χ1) is 9.70. The molecule has 0 aliphatic rings. The summed E-state index contributed by atoms with van der Waals surface area (Å²) in [6.45, 7) is 11.1. The van der Waals surface area contributed by atoms with Gasteiger partial charge in [-0.15, -0.1) is 11.3 Å². The van der Waals surface area contributed by atoms with E-state index in [1.165, 1.54) is 11.3 Å². The molecule has 6 heteroatoms. The van der Waals surface area contributed by atoms with Gasteiger partial charge in [-0.25, -0.2) is 13.1 Å². The van der Waals surface area contributed by atoms with Gasteiger partial charge in [-0.3, -0.25) is 0 Å². The van der Waals surface area contributed by atoms with Crippen molar-refractivity contribution in [2.75, 3.05) is 0 Å². The Bertz CT molecular complexity index is 522. The molecule has 2 N–H and O–H groups in total. The molecule has 1 rings (SSSR count). The van der Waals surface area contributed by atoms with E-state index >= 15 is 0 Å². The van der Waals surface area contributed by atoms with Crippen LogP contribution in [0.4, 0.5) is 0 Å². The zero-order chi connectivity index (χ0) is 16.0. The second kappa shape index (κ2) is 8.27. The molecule has 0 amide bonds. The Morgan fingerprint density at radius 3 is 2.38 bits per heavy atom. The van der Waals surface area contributed by atoms with Crippen molar-refractivity contribution in [1.82, 2.24) is 10.0 Å². The molecule has 0 saturated carbocycles. The maximum absolute atomic E-state index is 12.3. The lowest BCUT2D eigenvalue weighted by Crippen LogP contribution is -2.32. The van der Waals surface area contributed by atoms with Gasteiger partial charge in [-0.05, 0) is 42.7 Å². The largest absolute Gasteiger partial charge is 0.310 e. The molecule has 0 bridgehead atoms. The smallest absolute Gasteiger partial charge is 0.250 e. The van der Waals surface area contributed by atoms with E-state index < -0.39 is 10.0 Å². The van der Waals surface area contributed by atoms with Gasteiger partial charge < -0.3 is 5.32 Å². The Morgan fingerprint density at radius 2 is 1.81 bits per heavy atom. The van der Waals surface area contributed by atoms with E-state index in [4.69, 9.17) is 0 Å². The van der Waals surface area contributed by atoms with Crippen molar-refractivity contribution in [3.63, 3.8) is 0 Å². The molecular weight excluding hydrogens is 304 g/mol. The molecule has 0 aliphatic heterocycles. The van der Waals surface area contributed by atoms with Crippen molar-refractivity contribution in [3.8, 4) is 0 Å². The molecule has 1 unspecified atom stereocenters. The molecule has 4 nitrogen and oxygen atoms in total. The summed E-state index contributed by atoms with van der Waals surface area (Å²) in [5, 5.41) is 5.20. The van der Waals surface area contributed by atoms with Gasteiger partial charge in [0.25, 0.3) is 0 Å². The highest BCUT2D eigenvalue weighted by atomic mass is 32.2. The lowest BCUT2D eigenvalue weighted by atomic mass is 10.1. The fourth-order valence-electron chi connectivity index (χ4n) is 1.87. The van der Waals surface area contributed by atoms with Crippen LogP contribution >= 0.6 is 11.3 Å². The van der Waals surface area contributed by atoms with Crippen LogP contribution in [0, 0.1) is 5.92 Å². The number of nitrogens with one attached hydrogen (secondary N) is 2. The van der Waals surface area contributed by atoms with Crippen molar-refractivity contribution < 1.29 is 8.42 Å². The van der Waals surface area contributed by atoms with E-state index in [1.807, 2.05) is 12.3 Å². The predicted molar refractivity (Wildman–Crippen MR) is 90.2 cm³/mol. The summed E-state index contributed by atoms with van der Waals surface area (Å²) in [5.74, 6) is 0.590. The predicted octanol–water partition coefficient (Wildman–Crippen LogP) is 3.35. The van der Waals surface area contributed by atoms with Gasteiger partial charge in [-0.1, -0.05) is 27.7 Å². The molecule has 0 aliphatic carbocycles. The summed E-state index contributed by atoms with van der Waals surface area (Å²) in [6, 6.07) is 2.12. The number of hydrogen-bond donors (Lipinski definition) is 2. The SMILES string of the molecule is CC(C)CCC(C)NS(=O)(=O)c1cc(CNC(C)C)cs1. The highest BCUT2D eigenvalue weighted by molar-refractivity contribution is 7.91. The van der Waals surface area contributed by atoms with Crippen LogP contribution in [0.2, 0.25) is 0 Å². The number of hydrogen-bond acceptors (Lipinski definition) is 4. The molecular formula is C15H28N2O2S2. The summed E-state index contributed by atoms with van der Waals surface area (Å²) in [6.07, 6.45) is 1.89. The Hall–Kier alpha value is -0.430. The van der Waals surface area contributed by atoms with Crippen LogP contribution < -0.4 is 10.0 Å². The molecule has 0 saturated heterocycles. The maximum atomic E-state index is 12.3. The first-order valence-electron chi connectivity index (χ1n) is 7.54. The van der Waals surface area contributed by atoms with E-state index in [2.05, 4.69) is 37.7 Å². The number of sulfonamides is 1. The van der Waals surface area contributed by atoms with Gasteiger partial charge in [0, 0.05) is 18.6 Å². The second-order valence-corrected chi connectivity index (χ2v) is 9.16. The van der Waals surface area contributed by atoms with Crippen LogP contribution in [0.1, 0.15) is 53.0 Å². The standard InChI is InChI=1S/C15H28N2O2S2/c1-11(2)6-7-13(5)17-21(18,19)15-8-14(10-20-15)9-16-12(3)4/h8,10-13,16-17H,6-7,9H2,1-5H3. The van der Waals surface area contributed by atoms with Gasteiger partial charge in [0.1, 0.15) is 4.21 Å². The van der Waals surface area contributed by atoms with Gasteiger partial charge in [0.05, 0.1) is 0 Å². The lowest BCUT2D eigenvalue weighted by molar-refractivity contribution is 0.486. The van der Waals surface area contributed by atoms with Crippen LogP contribution in [-0.4, -0.2) is 20.5 Å². The van der Waals surface area contributed by atoms with Crippen LogP contribution in [0.5, 0.6) is 0 Å². The molecule has 0 aromatic carbocycles. The molecule has 21 heavy (non-hydrogen) atoms. The minimum atomic E-state index is -3.38. The molecule has 122 valence electrons. The third kappa shape index (κ3) is 6.91. The third-order valence-corrected chi connectivity index (χ3v) is 6.22. The first-order valence-corrected chi connectivity index (χ1v) is 9.90. The zero-order valence-corrected chi connectivity index (χ0v) is 15.3. The summed E-state index contributed by atoms with van der Waals surface area (Å²) < 4.78 is 27.8. The highest BCUT2D eigenvalue weighted by Gasteiger charge is 2.19. The van der Waals surface area contributed by atoms with Crippen molar-refractivity contribution in [1.29, 1.82) is 0 Å². The van der Waals surface area contributed by atoms with E-state index in [0.717, 1.165) is 18.4 Å². The van der Waals surface area contributed by atoms with Crippen molar-refractivity contribution in [2.45, 2.75) is 70.3 Å². The summed E-state index contributed by atoms with van der Waals surface area (Å²) in [5.41, 5.74) is 1.02. The van der Waals surface area contributed by atoms with Gasteiger partial charge in [0.15, 0.2) is 0 Å². The second-order valence-electron chi connectivity index (χ2n) is 6.30. The summed E-state index contributed by atoms with van der Waals surface area (Å²) in [7, 11) is -3.38. The molecule has 1 atom stereocenters. The van der Waals surface area contributed by atoms with Crippen LogP contribution in [0.3, 0.4) is 0 Å². The van der Waals surface area contributed by atoms with Crippen molar-refractivity contribution >= 4 is 21.4 Å². The third-order valence-electron chi connectivity index (χ3n) is 3.14. The molecule has 1 heterocycles. The fourth-order valence-corrected chi connectivity index (χ4v) is 4.38. The highest BCUT2D eigenvalue weighted by Crippen LogP contribution is 2.21. The monoisotopic (exact) mass is 332 g/mol. The maximum Gasteiger partial charge on any atom is 0.250 e. The Labute approximate surface area is 133 Å². The van der Waals surface area contributed by atoms with Crippen molar-refractivity contribution in [3.05, 3.63) is 17.0 Å². The van der Waals surface area contributed by atoms with Crippen LogP contribution in [0.25, 0.3) is 0 Å². The topological polar surface area (TPSA) is 58.2 Å². The van der Waals surface area contributed by atoms with E-state index in [0.29, 0.717) is 22.7 Å². The number of rotatable bonds is 9. The van der Waals surface area contributed by atoms with E-state index in [-0.39, 0.29) is 6.04 Å². The number of thiophene rings is 1. The van der Waals surface area contributed by atoms with Gasteiger partial charge in [-0.2, -0.15) is 0 Å². The molecule has 0 fully saturated rings. The van der Waals surface area contributed by atoms with Crippen molar-refractivity contribution in [2.24, 2.45) is 5.92 Å². The first kappa shape index (κ1) is 18.6. The fraction of sp³-hybridized carbons (Fsp3) is 0.733. The summed E-state index contributed by atoms with van der Waals surface area (Å²) in [4.78, 5) is 0. The molecule has 0 spiro atoms.